The van der Waals surface area contributed by atoms with E-state index in [9.17, 15) is 4.79 Å². The molecule has 2 fully saturated rings. The molecule has 1 amide bonds. The second-order valence-corrected chi connectivity index (χ2v) is 7.37. The first-order valence-corrected chi connectivity index (χ1v) is 9.24. The van der Waals surface area contributed by atoms with Gasteiger partial charge in [0.1, 0.15) is 5.75 Å². The van der Waals surface area contributed by atoms with Crippen LogP contribution in [0.4, 0.5) is 0 Å². The van der Waals surface area contributed by atoms with Gasteiger partial charge in [-0.2, -0.15) is 0 Å². The quantitative estimate of drug-likeness (QED) is 0.839. The average Bonchev–Trinajstić information content (AvgIpc) is 3.02. The first-order valence-electron chi connectivity index (χ1n) is 9.24. The lowest BCUT2D eigenvalue weighted by Crippen LogP contribution is -2.50. The van der Waals surface area contributed by atoms with Gasteiger partial charge in [-0.1, -0.05) is 19.9 Å². The Hall–Kier alpha value is -1.59. The third-order valence-electron chi connectivity index (χ3n) is 5.17. The van der Waals surface area contributed by atoms with E-state index in [0.29, 0.717) is 32.2 Å². The molecule has 1 aromatic rings. The summed E-state index contributed by atoms with van der Waals surface area (Å²) < 4.78 is 17.3. The number of aryl methyl sites for hydroxylation is 1. The summed E-state index contributed by atoms with van der Waals surface area (Å²) in [5.41, 5.74) is 2.51. The van der Waals surface area contributed by atoms with Crippen molar-refractivity contribution in [1.82, 2.24) is 4.90 Å². The Morgan fingerprint density at radius 1 is 1.16 bits per heavy atom. The highest BCUT2D eigenvalue weighted by atomic mass is 16.7. The molecule has 1 aromatic carbocycles. The summed E-state index contributed by atoms with van der Waals surface area (Å²) in [4.78, 5) is 14.5. The van der Waals surface area contributed by atoms with Crippen LogP contribution in [0, 0.1) is 6.92 Å². The van der Waals surface area contributed by atoms with Gasteiger partial charge in [-0.25, -0.2) is 0 Å². The van der Waals surface area contributed by atoms with E-state index in [0.717, 1.165) is 18.6 Å². The van der Waals surface area contributed by atoms with Gasteiger partial charge in [0.05, 0.1) is 13.2 Å². The normalized spacial score (nSPS) is 20.9. The van der Waals surface area contributed by atoms with Crippen molar-refractivity contribution in [1.29, 1.82) is 0 Å². The summed E-state index contributed by atoms with van der Waals surface area (Å²) >= 11 is 0. The second kappa shape index (κ2) is 7.34. The van der Waals surface area contributed by atoms with E-state index in [1.54, 1.807) is 0 Å². The Morgan fingerprint density at radius 2 is 1.80 bits per heavy atom. The number of piperidine rings is 1. The summed E-state index contributed by atoms with van der Waals surface area (Å²) in [5, 5.41) is 0. The van der Waals surface area contributed by atoms with Crippen LogP contribution in [0.25, 0.3) is 0 Å². The molecule has 5 heteroatoms. The minimum atomic E-state index is -0.497. The van der Waals surface area contributed by atoms with Gasteiger partial charge in [0.25, 0.3) is 5.91 Å². The monoisotopic (exact) mass is 347 g/mol. The van der Waals surface area contributed by atoms with Crippen LogP contribution in [-0.4, -0.2) is 49.0 Å². The number of rotatable bonds is 4. The highest BCUT2D eigenvalue weighted by Crippen LogP contribution is 2.31. The molecule has 0 N–H and O–H groups in total. The molecule has 0 radical (unpaired) electrons. The van der Waals surface area contributed by atoms with Crippen molar-refractivity contribution in [2.45, 2.75) is 58.3 Å². The van der Waals surface area contributed by atoms with Gasteiger partial charge in [-0.15, -0.1) is 0 Å². The van der Waals surface area contributed by atoms with E-state index in [1.165, 1.54) is 11.1 Å². The summed E-state index contributed by atoms with van der Waals surface area (Å²) in [5.74, 6) is 0.802. The number of hydrogen-bond donors (Lipinski definition) is 0. The van der Waals surface area contributed by atoms with Crippen molar-refractivity contribution in [2.24, 2.45) is 0 Å². The van der Waals surface area contributed by atoms with Gasteiger partial charge in [0, 0.05) is 25.9 Å². The number of ether oxygens (including phenoxy) is 3. The largest absolute Gasteiger partial charge is 0.481 e. The molecule has 2 saturated heterocycles. The number of nitrogens with zero attached hydrogens (tertiary/aromatic N) is 1. The van der Waals surface area contributed by atoms with Crippen LogP contribution >= 0.6 is 0 Å². The highest BCUT2D eigenvalue weighted by molar-refractivity contribution is 5.81. The molecule has 5 nitrogen and oxygen atoms in total. The van der Waals surface area contributed by atoms with Crippen molar-refractivity contribution in [2.75, 3.05) is 26.3 Å². The number of benzene rings is 1. The lowest BCUT2D eigenvalue weighted by Gasteiger charge is -2.38. The Morgan fingerprint density at radius 3 is 2.36 bits per heavy atom. The molecule has 0 aromatic heterocycles. The van der Waals surface area contributed by atoms with Crippen LogP contribution in [0.15, 0.2) is 18.2 Å². The van der Waals surface area contributed by atoms with Gasteiger partial charge < -0.3 is 19.1 Å². The maximum atomic E-state index is 12.7. The number of amides is 1. The predicted molar refractivity (Wildman–Crippen MR) is 95.8 cm³/mol. The third-order valence-corrected chi connectivity index (χ3v) is 5.17. The second-order valence-electron chi connectivity index (χ2n) is 7.37. The summed E-state index contributed by atoms with van der Waals surface area (Å²) in [6, 6.07) is 6.06. The average molecular weight is 347 g/mol. The molecule has 25 heavy (non-hydrogen) atoms. The molecular formula is C20H29NO4. The molecule has 3 rings (SSSR count). The summed E-state index contributed by atoms with van der Waals surface area (Å²) in [6.07, 6.45) is 0.963. The Labute approximate surface area is 150 Å². The minimum absolute atomic E-state index is 0.0263. The summed E-state index contributed by atoms with van der Waals surface area (Å²) in [7, 11) is 0. The number of carbonyl (C=O) groups is 1. The van der Waals surface area contributed by atoms with E-state index < -0.39 is 11.9 Å². The Balaban J connectivity index is 1.57. The summed E-state index contributed by atoms with van der Waals surface area (Å²) in [6.45, 7) is 10.9. The van der Waals surface area contributed by atoms with Crippen LogP contribution in [0.5, 0.6) is 5.75 Å². The van der Waals surface area contributed by atoms with Crippen molar-refractivity contribution < 1.29 is 19.0 Å². The maximum Gasteiger partial charge on any atom is 0.263 e. The molecule has 2 aliphatic rings. The van der Waals surface area contributed by atoms with Gasteiger partial charge in [-0.05, 0) is 43.0 Å². The first-order chi connectivity index (χ1) is 11.9. The van der Waals surface area contributed by atoms with Gasteiger partial charge >= 0.3 is 0 Å². The molecule has 1 atom stereocenters. The van der Waals surface area contributed by atoms with Crippen molar-refractivity contribution in [3.05, 3.63) is 29.3 Å². The van der Waals surface area contributed by atoms with E-state index in [2.05, 4.69) is 26.8 Å². The fourth-order valence-corrected chi connectivity index (χ4v) is 3.73. The lowest BCUT2D eigenvalue weighted by atomic mass is 9.98. The smallest absolute Gasteiger partial charge is 0.263 e. The lowest BCUT2D eigenvalue weighted by molar-refractivity contribution is -0.188. The molecular weight excluding hydrogens is 318 g/mol. The van der Waals surface area contributed by atoms with E-state index in [1.807, 2.05) is 24.0 Å². The van der Waals surface area contributed by atoms with Crippen molar-refractivity contribution >= 4 is 5.91 Å². The standard InChI is InChI=1S/C20H29NO4/c1-14(2)18-6-5-17(13-15(18)3)25-16(4)19(22)21-9-7-20(8-10-21)23-11-12-24-20/h5-6,13-14,16H,7-12H2,1-4H3. The third kappa shape index (κ3) is 3.98. The van der Waals surface area contributed by atoms with E-state index >= 15 is 0 Å². The fraction of sp³-hybridized carbons (Fsp3) is 0.650. The minimum Gasteiger partial charge on any atom is -0.481 e. The molecule has 0 bridgehead atoms. The van der Waals surface area contributed by atoms with E-state index in [4.69, 9.17) is 14.2 Å². The molecule has 1 spiro atoms. The predicted octanol–water partition coefficient (Wildman–Crippen LogP) is 3.25. The first kappa shape index (κ1) is 18.2. The molecule has 2 aliphatic heterocycles. The van der Waals surface area contributed by atoms with Crippen LogP contribution in [-0.2, 0) is 14.3 Å². The molecule has 138 valence electrons. The Bertz CT molecular complexity index is 612. The van der Waals surface area contributed by atoms with Crippen LogP contribution in [0.1, 0.15) is 50.7 Å². The molecule has 0 aliphatic carbocycles. The molecule has 0 saturated carbocycles. The number of hydrogen-bond acceptors (Lipinski definition) is 4. The van der Waals surface area contributed by atoms with Crippen LogP contribution in [0.2, 0.25) is 0 Å². The zero-order valence-electron chi connectivity index (χ0n) is 15.7. The maximum absolute atomic E-state index is 12.7. The number of likely N-dealkylation sites (tertiary alicyclic amines) is 1. The SMILES string of the molecule is Cc1cc(OC(C)C(=O)N2CCC3(CC2)OCCO3)ccc1C(C)C. The van der Waals surface area contributed by atoms with Crippen molar-refractivity contribution in [3.8, 4) is 5.75 Å². The number of carbonyl (C=O) groups excluding carboxylic acids is 1. The van der Waals surface area contributed by atoms with Gasteiger partial charge in [-0.3, -0.25) is 4.79 Å². The Kier molecular flexibility index (Phi) is 5.35. The van der Waals surface area contributed by atoms with Gasteiger partial charge in [0.15, 0.2) is 11.9 Å². The zero-order valence-corrected chi connectivity index (χ0v) is 15.7. The molecule has 2 heterocycles. The highest BCUT2D eigenvalue weighted by Gasteiger charge is 2.41. The molecule has 1 unspecified atom stereocenters. The zero-order chi connectivity index (χ0) is 18.0. The van der Waals surface area contributed by atoms with Crippen molar-refractivity contribution in [3.63, 3.8) is 0 Å². The van der Waals surface area contributed by atoms with Crippen LogP contribution in [0.3, 0.4) is 0 Å². The van der Waals surface area contributed by atoms with Gasteiger partial charge in [0.2, 0.25) is 0 Å². The van der Waals surface area contributed by atoms with E-state index in [-0.39, 0.29) is 5.91 Å². The fourth-order valence-electron chi connectivity index (χ4n) is 3.73. The topological polar surface area (TPSA) is 48.0 Å². The van der Waals surface area contributed by atoms with Crippen LogP contribution < -0.4 is 4.74 Å².